The van der Waals surface area contributed by atoms with E-state index >= 15 is 0 Å². The molecule has 0 amide bonds. The first kappa shape index (κ1) is 10.6. The minimum absolute atomic E-state index is 0.370. The van der Waals surface area contributed by atoms with Crippen molar-refractivity contribution in [1.29, 1.82) is 0 Å². The van der Waals surface area contributed by atoms with Crippen molar-refractivity contribution in [2.24, 2.45) is 0 Å². The number of hydrogen-bond acceptors (Lipinski definition) is 4. The lowest BCUT2D eigenvalue weighted by Gasteiger charge is -2.12. The summed E-state index contributed by atoms with van der Waals surface area (Å²) >= 11 is 5.75. The molecule has 0 aromatic carbocycles. The Morgan fingerprint density at radius 2 is 2.33 bits per heavy atom. The van der Waals surface area contributed by atoms with Crippen molar-refractivity contribution in [2.75, 3.05) is 12.4 Å². The summed E-state index contributed by atoms with van der Waals surface area (Å²) < 4.78 is 5.30. The van der Waals surface area contributed by atoms with Gasteiger partial charge in [-0.05, 0) is 19.3 Å². The molecule has 0 aliphatic heterocycles. The molecular weight excluding hydrogens is 214 g/mol. The molecule has 82 valence electrons. The van der Waals surface area contributed by atoms with E-state index in [1.165, 1.54) is 6.20 Å². The van der Waals surface area contributed by atoms with Crippen molar-refractivity contribution >= 4 is 17.4 Å². The minimum atomic E-state index is 0.370. The molecule has 1 heterocycles. The number of anilines is 1. The van der Waals surface area contributed by atoms with Crippen molar-refractivity contribution in [3.63, 3.8) is 0 Å². The zero-order valence-corrected chi connectivity index (χ0v) is 9.37. The van der Waals surface area contributed by atoms with Gasteiger partial charge in [0, 0.05) is 13.2 Å². The Kier molecular flexibility index (Phi) is 3.38. The van der Waals surface area contributed by atoms with Crippen LogP contribution in [0.3, 0.4) is 0 Å². The van der Waals surface area contributed by atoms with Crippen LogP contribution in [-0.2, 0) is 4.74 Å². The molecular formula is C10H14ClN3O. The standard InChI is InChI=1S/C10H14ClN3O/c1-15-8-3-2-7(4-8)13-10-6-12-5-9(11)14-10/h5-8H,2-4H2,1H3,(H,13,14). The van der Waals surface area contributed by atoms with Crippen LogP contribution < -0.4 is 5.32 Å². The summed E-state index contributed by atoms with van der Waals surface area (Å²) in [4.78, 5) is 8.12. The second kappa shape index (κ2) is 4.77. The summed E-state index contributed by atoms with van der Waals surface area (Å²) in [6.45, 7) is 0. The lowest BCUT2D eigenvalue weighted by molar-refractivity contribution is 0.108. The molecule has 5 heteroatoms. The van der Waals surface area contributed by atoms with Gasteiger partial charge in [0.1, 0.15) is 11.0 Å². The highest BCUT2D eigenvalue weighted by atomic mass is 35.5. The van der Waals surface area contributed by atoms with E-state index in [1.807, 2.05) is 0 Å². The SMILES string of the molecule is COC1CCC(Nc2cncc(Cl)n2)C1. The Labute approximate surface area is 94.0 Å². The van der Waals surface area contributed by atoms with Crippen LogP contribution in [0.25, 0.3) is 0 Å². The third-order valence-corrected chi connectivity index (χ3v) is 2.86. The predicted octanol–water partition coefficient (Wildman–Crippen LogP) is 2.11. The van der Waals surface area contributed by atoms with Crippen LogP contribution in [0, 0.1) is 0 Å². The number of nitrogens with zero attached hydrogens (tertiary/aromatic N) is 2. The average molecular weight is 228 g/mol. The van der Waals surface area contributed by atoms with Crippen molar-refractivity contribution in [3.8, 4) is 0 Å². The number of nitrogens with one attached hydrogen (secondary N) is 1. The molecule has 0 saturated heterocycles. The molecule has 1 aromatic heterocycles. The Morgan fingerprint density at radius 3 is 3.00 bits per heavy atom. The van der Waals surface area contributed by atoms with Gasteiger partial charge in [-0.25, -0.2) is 4.98 Å². The van der Waals surface area contributed by atoms with Crippen LogP contribution in [0.1, 0.15) is 19.3 Å². The summed E-state index contributed by atoms with van der Waals surface area (Å²) in [5.41, 5.74) is 0. The monoisotopic (exact) mass is 227 g/mol. The van der Waals surface area contributed by atoms with Crippen molar-refractivity contribution < 1.29 is 4.74 Å². The molecule has 0 bridgehead atoms. The van der Waals surface area contributed by atoms with Gasteiger partial charge in [-0.2, -0.15) is 0 Å². The molecule has 4 nitrogen and oxygen atoms in total. The first-order valence-electron chi connectivity index (χ1n) is 5.05. The van der Waals surface area contributed by atoms with Gasteiger partial charge in [0.05, 0.1) is 18.5 Å². The number of methoxy groups -OCH3 is 1. The van der Waals surface area contributed by atoms with Gasteiger partial charge in [0.25, 0.3) is 0 Å². The Morgan fingerprint density at radius 1 is 1.47 bits per heavy atom. The number of aromatic nitrogens is 2. The molecule has 1 aromatic rings. The number of halogens is 1. The molecule has 15 heavy (non-hydrogen) atoms. The van der Waals surface area contributed by atoms with E-state index in [9.17, 15) is 0 Å². The molecule has 2 rings (SSSR count). The van der Waals surface area contributed by atoms with Crippen molar-refractivity contribution in [1.82, 2.24) is 9.97 Å². The van der Waals surface area contributed by atoms with Crippen molar-refractivity contribution in [2.45, 2.75) is 31.4 Å². The van der Waals surface area contributed by atoms with E-state index < -0.39 is 0 Å². The lowest BCUT2D eigenvalue weighted by atomic mass is 10.2. The fourth-order valence-electron chi connectivity index (χ4n) is 1.91. The van der Waals surface area contributed by atoms with Crippen LogP contribution >= 0.6 is 11.6 Å². The zero-order chi connectivity index (χ0) is 10.7. The highest BCUT2D eigenvalue weighted by Crippen LogP contribution is 2.24. The van der Waals surface area contributed by atoms with Crippen LogP contribution in [0.15, 0.2) is 12.4 Å². The highest BCUT2D eigenvalue weighted by molar-refractivity contribution is 6.29. The molecule has 1 N–H and O–H groups in total. The van der Waals surface area contributed by atoms with E-state index in [0.29, 0.717) is 17.3 Å². The molecule has 0 spiro atoms. The van der Waals surface area contributed by atoms with Gasteiger partial charge in [-0.3, -0.25) is 4.98 Å². The second-order valence-corrected chi connectivity index (χ2v) is 4.13. The first-order valence-corrected chi connectivity index (χ1v) is 5.42. The van der Waals surface area contributed by atoms with E-state index in [-0.39, 0.29) is 0 Å². The number of rotatable bonds is 3. The highest BCUT2D eigenvalue weighted by Gasteiger charge is 2.24. The van der Waals surface area contributed by atoms with Gasteiger partial charge in [0.15, 0.2) is 0 Å². The molecule has 1 aliphatic rings. The number of hydrogen-bond donors (Lipinski definition) is 1. The predicted molar refractivity (Wildman–Crippen MR) is 59.1 cm³/mol. The molecule has 1 fully saturated rings. The summed E-state index contributed by atoms with van der Waals surface area (Å²) in [6, 6.07) is 0.419. The topological polar surface area (TPSA) is 47.0 Å². The minimum Gasteiger partial charge on any atom is -0.381 e. The Bertz CT molecular complexity index is 334. The van der Waals surface area contributed by atoms with Crippen LogP contribution in [0.4, 0.5) is 5.82 Å². The first-order chi connectivity index (χ1) is 7.28. The van der Waals surface area contributed by atoms with E-state index in [0.717, 1.165) is 25.1 Å². The van der Waals surface area contributed by atoms with Gasteiger partial charge in [0.2, 0.25) is 0 Å². The second-order valence-electron chi connectivity index (χ2n) is 3.74. The molecule has 1 saturated carbocycles. The normalized spacial score (nSPS) is 25.5. The summed E-state index contributed by atoms with van der Waals surface area (Å²) in [6.07, 6.45) is 6.81. The summed E-state index contributed by atoms with van der Waals surface area (Å²) in [5, 5.41) is 3.73. The van der Waals surface area contributed by atoms with Gasteiger partial charge in [-0.1, -0.05) is 11.6 Å². The van der Waals surface area contributed by atoms with Gasteiger partial charge >= 0.3 is 0 Å². The smallest absolute Gasteiger partial charge is 0.149 e. The maximum Gasteiger partial charge on any atom is 0.149 e. The summed E-state index contributed by atoms with van der Waals surface area (Å²) in [5.74, 6) is 0.740. The van der Waals surface area contributed by atoms with Crippen LogP contribution in [-0.4, -0.2) is 29.2 Å². The maximum absolute atomic E-state index is 5.75. The molecule has 1 aliphatic carbocycles. The van der Waals surface area contributed by atoms with Crippen molar-refractivity contribution in [3.05, 3.63) is 17.5 Å². The van der Waals surface area contributed by atoms with E-state index in [4.69, 9.17) is 16.3 Å². The van der Waals surface area contributed by atoms with Crippen LogP contribution in [0.5, 0.6) is 0 Å². The zero-order valence-electron chi connectivity index (χ0n) is 8.61. The molecule has 2 unspecified atom stereocenters. The maximum atomic E-state index is 5.75. The lowest BCUT2D eigenvalue weighted by Crippen LogP contribution is -2.18. The Hall–Kier alpha value is -0.870. The third-order valence-electron chi connectivity index (χ3n) is 2.67. The van der Waals surface area contributed by atoms with Gasteiger partial charge < -0.3 is 10.1 Å². The fourth-order valence-corrected chi connectivity index (χ4v) is 2.05. The molecule has 0 radical (unpaired) electrons. The van der Waals surface area contributed by atoms with E-state index in [1.54, 1.807) is 13.3 Å². The largest absolute Gasteiger partial charge is 0.381 e. The van der Waals surface area contributed by atoms with E-state index in [2.05, 4.69) is 15.3 Å². The van der Waals surface area contributed by atoms with Crippen LogP contribution in [0.2, 0.25) is 5.15 Å². The fraction of sp³-hybridized carbons (Fsp3) is 0.600. The third kappa shape index (κ3) is 2.79. The number of ether oxygens (including phenoxy) is 1. The molecule has 2 atom stereocenters. The summed E-state index contributed by atoms with van der Waals surface area (Å²) in [7, 11) is 1.76. The van der Waals surface area contributed by atoms with Gasteiger partial charge in [-0.15, -0.1) is 0 Å². The Balaban J connectivity index is 1.92. The average Bonchev–Trinajstić information content (AvgIpc) is 2.65. The quantitative estimate of drug-likeness (QED) is 0.859.